The van der Waals surface area contributed by atoms with Crippen molar-refractivity contribution in [2.75, 3.05) is 11.9 Å². The summed E-state index contributed by atoms with van der Waals surface area (Å²) in [7, 11) is 0. The van der Waals surface area contributed by atoms with Gasteiger partial charge in [-0.05, 0) is 56.7 Å². The third-order valence-corrected chi connectivity index (χ3v) is 4.46. The lowest BCUT2D eigenvalue weighted by Crippen LogP contribution is -2.48. The van der Waals surface area contributed by atoms with Crippen molar-refractivity contribution < 1.29 is 23.9 Å². The third kappa shape index (κ3) is 3.84. The lowest BCUT2D eigenvalue weighted by atomic mass is 9.88. The Hall–Kier alpha value is -3.15. The fourth-order valence-corrected chi connectivity index (χ4v) is 3.02. The molecule has 2 aromatic rings. The Morgan fingerprint density at radius 1 is 1.19 bits per heavy atom. The van der Waals surface area contributed by atoms with E-state index in [0.717, 1.165) is 11.1 Å². The Labute approximate surface area is 157 Å². The summed E-state index contributed by atoms with van der Waals surface area (Å²) in [5.41, 5.74) is 1.89. The maximum atomic E-state index is 12.8. The van der Waals surface area contributed by atoms with Crippen molar-refractivity contribution in [2.45, 2.75) is 32.8 Å². The molecule has 0 aliphatic carbocycles. The first-order valence-electron chi connectivity index (χ1n) is 8.74. The van der Waals surface area contributed by atoms with Crippen LogP contribution in [-0.4, -0.2) is 30.1 Å². The molecule has 1 aliphatic heterocycles. The van der Waals surface area contributed by atoms with Crippen molar-refractivity contribution in [1.29, 1.82) is 0 Å². The maximum Gasteiger partial charge on any atom is 0.339 e. The average molecular weight is 367 g/mol. The highest BCUT2D eigenvalue weighted by Gasteiger charge is 2.42. The largest absolute Gasteiger partial charge is 0.462 e. The van der Waals surface area contributed by atoms with Crippen LogP contribution in [0.5, 0.6) is 0 Å². The number of carbonyl (C=O) groups excluding carboxylic acids is 3. The van der Waals surface area contributed by atoms with E-state index in [-0.39, 0.29) is 0 Å². The SMILES string of the molecule is CCOC(=O)c1ccc(NC(=O)C2(C)Cc3cc(C)ccc3C(=O)O2)cc1. The second-order valence-corrected chi connectivity index (χ2v) is 6.71. The number of rotatable bonds is 4. The van der Waals surface area contributed by atoms with Gasteiger partial charge in [0, 0.05) is 12.1 Å². The van der Waals surface area contributed by atoms with Crippen molar-refractivity contribution in [2.24, 2.45) is 0 Å². The summed E-state index contributed by atoms with van der Waals surface area (Å²) in [6, 6.07) is 11.8. The lowest BCUT2D eigenvalue weighted by Gasteiger charge is -2.33. The third-order valence-electron chi connectivity index (χ3n) is 4.46. The standard InChI is InChI=1S/C21H21NO5/c1-4-26-18(23)14-6-8-16(9-7-14)22-20(25)21(3)12-15-11-13(2)5-10-17(15)19(24)27-21/h5-11H,4,12H2,1-3H3,(H,22,25). The normalized spacial score (nSPS) is 18.3. The Bertz CT molecular complexity index is 903. The first-order chi connectivity index (χ1) is 12.8. The van der Waals surface area contributed by atoms with Crippen LogP contribution in [0.4, 0.5) is 5.69 Å². The fraction of sp³-hybridized carbons (Fsp3) is 0.286. The van der Waals surface area contributed by atoms with Crippen molar-refractivity contribution in [1.82, 2.24) is 0 Å². The van der Waals surface area contributed by atoms with Gasteiger partial charge in [-0.25, -0.2) is 9.59 Å². The summed E-state index contributed by atoms with van der Waals surface area (Å²) in [6.45, 7) is 5.56. The van der Waals surface area contributed by atoms with Crippen LogP contribution in [0.2, 0.25) is 0 Å². The van der Waals surface area contributed by atoms with E-state index in [1.54, 1.807) is 44.2 Å². The van der Waals surface area contributed by atoms with Gasteiger partial charge in [-0.15, -0.1) is 0 Å². The molecule has 1 aliphatic rings. The molecule has 0 spiro atoms. The molecule has 2 aromatic carbocycles. The van der Waals surface area contributed by atoms with E-state index < -0.39 is 23.4 Å². The van der Waals surface area contributed by atoms with Gasteiger partial charge >= 0.3 is 11.9 Å². The van der Waals surface area contributed by atoms with E-state index in [1.807, 2.05) is 19.1 Å². The second kappa shape index (κ2) is 7.23. The molecule has 140 valence electrons. The van der Waals surface area contributed by atoms with Crippen LogP contribution in [0.3, 0.4) is 0 Å². The monoisotopic (exact) mass is 367 g/mol. The van der Waals surface area contributed by atoms with Gasteiger partial charge in [-0.3, -0.25) is 4.79 Å². The molecule has 0 fully saturated rings. The van der Waals surface area contributed by atoms with Crippen molar-refractivity contribution in [3.63, 3.8) is 0 Å². The maximum absolute atomic E-state index is 12.8. The number of hydrogen-bond donors (Lipinski definition) is 1. The summed E-state index contributed by atoms with van der Waals surface area (Å²) in [5.74, 6) is -1.35. The number of anilines is 1. The topological polar surface area (TPSA) is 81.7 Å². The molecule has 0 saturated carbocycles. The van der Waals surface area contributed by atoms with E-state index in [9.17, 15) is 14.4 Å². The molecule has 1 unspecified atom stereocenters. The smallest absolute Gasteiger partial charge is 0.339 e. The van der Waals surface area contributed by atoms with Gasteiger partial charge in [0.05, 0.1) is 17.7 Å². The van der Waals surface area contributed by atoms with E-state index in [0.29, 0.717) is 29.8 Å². The number of ether oxygens (including phenoxy) is 2. The summed E-state index contributed by atoms with van der Waals surface area (Å²) >= 11 is 0. The Morgan fingerprint density at radius 3 is 2.56 bits per heavy atom. The van der Waals surface area contributed by atoms with Crippen LogP contribution in [0.25, 0.3) is 0 Å². The molecule has 0 radical (unpaired) electrons. The molecule has 1 N–H and O–H groups in total. The van der Waals surface area contributed by atoms with Gasteiger partial charge in [-0.1, -0.05) is 17.7 Å². The molecule has 27 heavy (non-hydrogen) atoms. The molecule has 6 nitrogen and oxygen atoms in total. The molecular weight excluding hydrogens is 346 g/mol. The van der Waals surface area contributed by atoms with Crippen LogP contribution in [0, 0.1) is 6.92 Å². The number of cyclic esters (lactones) is 1. The van der Waals surface area contributed by atoms with E-state index in [4.69, 9.17) is 9.47 Å². The molecule has 1 atom stereocenters. The van der Waals surface area contributed by atoms with E-state index >= 15 is 0 Å². The lowest BCUT2D eigenvalue weighted by molar-refractivity contribution is -0.134. The molecular formula is C21H21NO5. The number of benzene rings is 2. The first kappa shape index (κ1) is 18.6. The van der Waals surface area contributed by atoms with Crippen LogP contribution >= 0.6 is 0 Å². The minimum absolute atomic E-state index is 0.294. The van der Waals surface area contributed by atoms with Gasteiger partial charge < -0.3 is 14.8 Å². The van der Waals surface area contributed by atoms with Crippen LogP contribution < -0.4 is 5.32 Å². The van der Waals surface area contributed by atoms with Crippen molar-refractivity contribution in [3.8, 4) is 0 Å². The predicted octanol–water partition coefficient (Wildman–Crippen LogP) is 3.28. The number of amides is 1. The summed E-state index contributed by atoms with van der Waals surface area (Å²) in [5, 5.41) is 2.75. The number of carbonyl (C=O) groups is 3. The Kier molecular flexibility index (Phi) is 4.99. The highest BCUT2D eigenvalue weighted by Crippen LogP contribution is 2.30. The molecule has 0 saturated heterocycles. The van der Waals surface area contributed by atoms with Crippen LogP contribution in [0.1, 0.15) is 45.7 Å². The zero-order valence-corrected chi connectivity index (χ0v) is 15.5. The number of esters is 2. The zero-order chi connectivity index (χ0) is 19.6. The van der Waals surface area contributed by atoms with Gasteiger partial charge in [0.25, 0.3) is 5.91 Å². The minimum atomic E-state index is -1.31. The van der Waals surface area contributed by atoms with Gasteiger partial charge in [0.1, 0.15) is 0 Å². The van der Waals surface area contributed by atoms with Crippen molar-refractivity contribution in [3.05, 3.63) is 64.7 Å². The Morgan fingerprint density at radius 2 is 1.89 bits per heavy atom. The van der Waals surface area contributed by atoms with Crippen LogP contribution in [0.15, 0.2) is 42.5 Å². The van der Waals surface area contributed by atoms with Gasteiger partial charge in [0.15, 0.2) is 5.60 Å². The molecule has 6 heteroatoms. The zero-order valence-electron chi connectivity index (χ0n) is 15.5. The van der Waals surface area contributed by atoms with E-state index in [2.05, 4.69) is 5.32 Å². The second-order valence-electron chi connectivity index (χ2n) is 6.71. The fourth-order valence-electron chi connectivity index (χ4n) is 3.02. The number of nitrogens with one attached hydrogen (secondary N) is 1. The molecule has 0 aromatic heterocycles. The highest BCUT2D eigenvalue weighted by molar-refractivity contribution is 6.02. The highest BCUT2D eigenvalue weighted by atomic mass is 16.6. The minimum Gasteiger partial charge on any atom is -0.462 e. The summed E-state index contributed by atoms with van der Waals surface area (Å²) in [4.78, 5) is 36.8. The van der Waals surface area contributed by atoms with Gasteiger partial charge in [-0.2, -0.15) is 0 Å². The quantitative estimate of drug-likeness (QED) is 0.839. The van der Waals surface area contributed by atoms with E-state index in [1.165, 1.54) is 0 Å². The Balaban J connectivity index is 1.76. The molecule has 0 bridgehead atoms. The van der Waals surface area contributed by atoms with Crippen molar-refractivity contribution >= 4 is 23.5 Å². The molecule has 1 amide bonds. The average Bonchev–Trinajstić information content (AvgIpc) is 2.62. The predicted molar refractivity (Wildman–Crippen MR) is 99.7 cm³/mol. The number of hydrogen-bond acceptors (Lipinski definition) is 5. The first-order valence-corrected chi connectivity index (χ1v) is 8.74. The summed E-state index contributed by atoms with van der Waals surface area (Å²) < 4.78 is 10.4. The number of fused-ring (bicyclic) bond motifs is 1. The van der Waals surface area contributed by atoms with Gasteiger partial charge in [0.2, 0.25) is 0 Å². The summed E-state index contributed by atoms with van der Waals surface area (Å²) in [6.07, 6.45) is 0.294. The van der Waals surface area contributed by atoms with Crippen LogP contribution in [-0.2, 0) is 20.7 Å². The molecule has 1 heterocycles. The number of aryl methyl sites for hydroxylation is 1. The molecule has 3 rings (SSSR count).